The average Bonchev–Trinajstić information content (AvgIpc) is 2.47. The molecule has 1 heterocycles. The van der Waals surface area contributed by atoms with E-state index in [1.807, 2.05) is 36.9 Å². The molecule has 4 heteroatoms. The quantitative estimate of drug-likeness (QED) is 0.912. The molecule has 1 saturated heterocycles. The first-order chi connectivity index (χ1) is 9.45. The van der Waals surface area contributed by atoms with Crippen molar-refractivity contribution in [2.75, 3.05) is 26.7 Å². The monoisotopic (exact) mass is 275 g/mol. The molecule has 0 aliphatic carbocycles. The van der Waals surface area contributed by atoms with E-state index in [0.29, 0.717) is 6.42 Å². The molecule has 0 aromatic heterocycles. The maximum Gasteiger partial charge on any atom is 0.242 e. The van der Waals surface area contributed by atoms with Crippen LogP contribution in [0, 0.1) is 0 Å². The van der Waals surface area contributed by atoms with Gasteiger partial charge in [-0.25, -0.2) is 0 Å². The summed E-state index contributed by atoms with van der Waals surface area (Å²) < 4.78 is 0. The molecule has 2 N–H and O–H groups in total. The highest BCUT2D eigenvalue weighted by atomic mass is 16.2. The van der Waals surface area contributed by atoms with Gasteiger partial charge in [0.15, 0.2) is 0 Å². The SMILES string of the molecule is CCC(C)(N)C(=O)N1CCN(C)CC1c1ccccc1. The molecule has 20 heavy (non-hydrogen) atoms. The number of carbonyl (C=O) groups is 1. The molecule has 1 aliphatic heterocycles. The number of likely N-dealkylation sites (N-methyl/N-ethyl adjacent to an activating group) is 1. The van der Waals surface area contributed by atoms with Crippen molar-refractivity contribution in [1.29, 1.82) is 0 Å². The van der Waals surface area contributed by atoms with Crippen LogP contribution in [0.4, 0.5) is 0 Å². The highest BCUT2D eigenvalue weighted by molar-refractivity contribution is 5.86. The van der Waals surface area contributed by atoms with Crippen LogP contribution in [0.15, 0.2) is 30.3 Å². The molecule has 2 rings (SSSR count). The lowest BCUT2D eigenvalue weighted by Crippen LogP contribution is -2.58. The van der Waals surface area contributed by atoms with Gasteiger partial charge in [0, 0.05) is 19.6 Å². The van der Waals surface area contributed by atoms with Crippen LogP contribution in [0.1, 0.15) is 31.9 Å². The largest absolute Gasteiger partial charge is 0.331 e. The minimum Gasteiger partial charge on any atom is -0.331 e. The van der Waals surface area contributed by atoms with Crippen LogP contribution in [-0.4, -0.2) is 47.9 Å². The highest BCUT2D eigenvalue weighted by Crippen LogP contribution is 2.27. The summed E-state index contributed by atoms with van der Waals surface area (Å²) in [5.74, 6) is 0.0574. The van der Waals surface area contributed by atoms with Crippen molar-refractivity contribution < 1.29 is 4.79 Å². The number of nitrogens with zero attached hydrogens (tertiary/aromatic N) is 2. The van der Waals surface area contributed by atoms with Gasteiger partial charge in [-0.3, -0.25) is 4.79 Å². The van der Waals surface area contributed by atoms with Crippen LogP contribution in [0.5, 0.6) is 0 Å². The summed E-state index contributed by atoms with van der Waals surface area (Å²) in [6.07, 6.45) is 0.652. The third kappa shape index (κ3) is 3.02. The Morgan fingerprint density at radius 2 is 2.00 bits per heavy atom. The van der Waals surface area contributed by atoms with Gasteiger partial charge >= 0.3 is 0 Å². The summed E-state index contributed by atoms with van der Waals surface area (Å²) in [7, 11) is 2.10. The summed E-state index contributed by atoms with van der Waals surface area (Å²) in [4.78, 5) is 16.9. The summed E-state index contributed by atoms with van der Waals surface area (Å²) in [5, 5.41) is 0. The number of hydrogen-bond donors (Lipinski definition) is 1. The predicted molar refractivity (Wildman–Crippen MR) is 81.3 cm³/mol. The Balaban J connectivity index is 2.28. The van der Waals surface area contributed by atoms with Crippen LogP contribution in [0.2, 0.25) is 0 Å². The smallest absolute Gasteiger partial charge is 0.242 e. The van der Waals surface area contributed by atoms with Crippen molar-refractivity contribution in [3.8, 4) is 0 Å². The van der Waals surface area contributed by atoms with Gasteiger partial charge in [-0.1, -0.05) is 37.3 Å². The number of carbonyl (C=O) groups excluding carboxylic acids is 1. The Morgan fingerprint density at radius 1 is 1.35 bits per heavy atom. The Morgan fingerprint density at radius 3 is 2.60 bits per heavy atom. The zero-order chi connectivity index (χ0) is 14.8. The normalized spacial score (nSPS) is 23.4. The van der Waals surface area contributed by atoms with Crippen molar-refractivity contribution in [1.82, 2.24) is 9.80 Å². The highest BCUT2D eigenvalue weighted by Gasteiger charge is 2.37. The van der Waals surface area contributed by atoms with Crippen molar-refractivity contribution in [2.45, 2.75) is 31.8 Å². The average molecular weight is 275 g/mol. The fourth-order valence-electron chi connectivity index (χ4n) is 2.60. The molecule has 110 valence electrons. The molecule has 0 saturated carbocycles. The molecule has 0 bridgehead atoms. The van der Waals surface area contributed by atoms with Crippen molar-refractivity contribution in [3.05, 3.63) is 35.9 Å². The zero-order valence-electron chi connectivity index (χ0n) is 12.7. The lowest BCUT2D eigenvalue weighted by Gasteiger charge is -2.43. The van der Waals surface area contributed by atoms with Gasteiger partial charge < -0.3 is 15.5 Å². The third-order valence-corrected chi connectivity index (χ3v) is 4.25. The van der Waals surface area contributed by atoms with E-state index in [1.165, 1.54) is 5.56 Å². The Labute approximate surface area is 121 Å². The van der Waals surface area contributed by atoms with E-state index < -0.39 is 5.54 Å². The first kappa shape index (κ1) is 15.0. The van der Waals surface area contributed by atoms with Crippen molar-refractivity contribution in [3.63, 3.8) is 0 Å². The van der Waals surface area contributed by atoms with Crippen LogP contribution in [0.25, 0.3) is 0 Å². The molecule has 1 aliphatic rings. The van der Waals surface area contributed by atoms with Crippen LogP contribution >= 0.6 is 0 Å². The molecule has 4 nitrogen and oxygen atoms in total. The topological polar surface area (TPSA) is 49.6 Å². The molecule has 1 aromatic rings. The minimum atomic E-state index is -0.775. The summed E-state index contributed by atoms with van der Waals surface area (Å²) in [6, 6.07) is 10.3. The Hall–Kier alpha value is -1.39. The van der Waals surface area contributed by atoms with Gasteiger partial charge in [0.1, 0.15) is 0 Å². The fraction of sp³-hybridized carbons (Fsp3) is 0.562. The van der Waals surface area contributed by atoms with Gasteiger partial charge in [-0.15, -0.1) is 0 Å². The Kier molecular flexibility index (Phi) is 4.45. The molecular formula is C16H25N3O. The van der Waals surface area contributed by atoms with E-state index in [1.54, 1.807) is 0 Å². The first-order valence-electron chi connectivity index (χ1n) is 7.29. The summed E-state index contributed by atoms with van der Waals surface area (Å²) >= 11 is 0. The van der Waals surface area contributed by atoms with Gasteiger partial charge in [0.05, 0.1) is 11.6 Å². The number of amides is 1. The molecular weight excluding hydrogens is 250 g/mol. The Bertz CT molecular complexity index is 458. The number of rotatable bonds is 3. The second-order valence-corrected chi connectivity index (χ2v) is 5.96. The second kappa shape index (κ2) is 5.94. The lowest BCUT2D eigenvalue weighted by molar-refractivity contribution is -0.141. The maximum atomic E-state index is 12.7. The van der Waals surface area contributed by atoms with Crippen molar-refractivity contribution in [2.24, 2.45) is 5.73 Å². The molecule has 0 radical (unpaired) electrons. The number of nitrogens with two attached hydrogens (primary N) is 1. The lowest BCUT2D eigenvalue weighted by atomic mass is 9.94. The van der Waals surface area contributed by atoms with E-state index in [0.717, 1.165) is 19.6 Å². The van der Waals surface area contributed by atoms with Gasteiger partial charge in [-0.2, -0.15) is 0 Å². The number of benzene rings is 1. The summed E-state index contributed by atoms with van der Waals surface area (Å²) in [5.41, 5.74) is 6.57. The molecule has 1 fully saturated rings. The van der Waals surface area contributed by atoms with E-state index >= 15 is 0 Å². The summed E-state index contributed by atoms with van der Waals surface area (Å²) in [6.45, 7) is 6.29. The van der Waals surface area contributed by atoms with E-state index in [9.17, 15) is 4.79 Å². The van der Waals surface area contributed by atoms with Crippen LogP contribution in [-0.2, 0) is 4.79 Å². The second-order valence-electron chi connectivity index (χ2n) is 5.96. The molecule has 1 amide bonds. The first-order valence-corrected chi connectivity index (χ1v) is 7.29. The van der Waals surface area contributed by atoms with Gasteiger partial charge in [0.2, 0.25) is 5.91 Å². The number of piperazine rings is 1. The predicted octanol–water partition coefficient (Wildman–Crippen LogP) is 1.63. The standard InChI is InChI=1S/C16H25N3O/c1-4-16(2,17)15(20)19-11-10-18(3)12-14(19)13-8-6-5-7-9-13/h5-9,14H,4,10-12,17H2,1-3H3. The fourth-order valence-corrected chi connectivity index (χ4v) is 2.60. The zero-order valence-corrected chi connectivity index (χ0v) is 12.7. The number of hydrogen-bond acceptors (Lipinski definition) is 3. The molecule has 0 spiro atoms. The van der Waals surface area contributed by atoms with E-state index in [4.69, 9.17) is 5.73 Å². The van der Waals surface area contributed by atoms with Crippen molar-refractivity contribution >= 4 is 5.91 Å². The minimum absolute atomic E-state index is 0.0574. The maximum absolute atomic E-state index is 12.7. The van der Waals surface area contributed by atoms with E-state index in [-0.39, 0.29) is 11.9 Å². The van der Waals surface area contributed by atoms with Gasteiger partial charge in [-0.05, 0) is 26.0 Å². The molecule has 1 aromatic carbocycles. The van der Waals surface area contributed by atoms with Crippen LogP contribution in [0.3, 0.4) is 0 Å². The third-order valence-electron chi connectivity index (χ3n) is 4.25. The molecule has 2 atom stereocenters. The molecule has 2 unspecified atom stereocenters. The van der Waals surface area contributed by atoms with Crippen LogP contribution < -0.4 is 5.73 Å². The van der Waals surface area contributed by atoms with E-state index in [2.05, 4.69) is 24.1 Å². The van der Waals surface area contributed by atoms with Gasteiger partial charge in [0.25, 0.3) is 0 Å².